The third-order valence-corrected chi connectivity index (χ3v) is 3.61. The monoisotopic (exact) mass is 277 g/mol. The van der Waals surface area contributed by atoms with Gasteiger partial charge in [0.15, 0.2) is 0 Å². The van der Waals surface area contributed by atoms with Crippen molar-refractivity contribution in [2.45, 2.75) is 31.5 Å². The summed E-state index contributed by atoms with van der Waals surface area (Å²) < 4.78 is 9.85. The summed E-state index contributed by atoms with van der Waals surface area (Å²) in [6.07, 6.45) is 1.01. The molecule has 1 saturated heterocycles. The number of carbonyl (C=O) groups excluding carboxylic acids is 2. The SMILES string of the molecule is COC(=O)C1CC(OC=O)CCN1Cc1ccccc1. The third-order valence-electron chi connectivity index (χ3n) is 3.61. The molecule has 108 valence electrons. The molecule has 0 saturated carbocycles. The Labute approximate surface area is 118 Å². The largest absolute Gasteiger partial charge is 0.468 e. The second-order valence-corrected chi connectivity index (χ2v) is 4.87. The van der Waals surface area contributed by atoms with E-state index in [9.17, 15) is 9.59 Å². The topological polar surface area (TPSA) is 55.8 Å². The van der Waals surface area contributed by atoms with Crippen molar-refractivity contribution < 1.29 is 19.1 Å². The first-order valence-corrected chi connectivity index (χ1v) is 6.69. The van der Waals surface area contributed by atoms with E-state index in [0.717, 1.165) is 12.0 Å². The highest BCUT2D eigenvalue weighted by molar-refractivity contribution is 5.75. The summed E-state index contributed by atoms with van der Waals surface area (Å²) in [4.78, 5) is 24.4. The van der Waals surface area contributed by atoms with Gasteiger partial charge in [0.25, 0.3) is 6.47 Å². The lowest BCUT2D eigenvalue weighted by Gasteiger charge is -2.36. The average Bonchev–Trinajstić information content (AvgIpc) is 2.49. The van der Waals surface area contributed by atoms with Gasteiger partial charge in [-0.15, -0.1) is 0 Å². The molecule has 2 rings (SSSR count). The second kappa shape index (κ2) is 7.05. The van der Waals surface area contributed by atoms with E-state index in [4.69, 9.17) is 9.47 Å². The lowest BCUT2D eigenvalue weighted by Crippen LogP contribution is -2.49. The smallest absolute Gasteiger partial charge is 0.323 e. The molecule has 1 heterocycles. The number of piperidine rings is 1. The first kappa shape index (κ1) is 14.5. The molecule has 0 spiro atoms. The predicted molar refractivity (Wildman–Crippen MR) is 72.8 cm³/mol. The molecule has 0 radical (unpaired) electrons. The maximum Gasteiger partial charge on any atom is 0.323 e. The van der Waals surface area contributed by atoms with Crippen molar-refractivity contribution in [3.8, 4) is 0 Å². The van der Waals surface area contributed by atoms with Crippen LogP contribution < -0.4 is 0 Å². The highest BCUT2D eigenvalue weighted by Gasteiger charge is 2.34. The van der Waals surface area contributed by atoms with Gasteiger partial charge in [-0.25, -0.2) is 0 Å². The van der Waals surface area contributed by atoms with Crippen LogP contribution in [0, 0.1) is 0 Å². The number of likely N-dealkylation sites (tertiary alicyclic amines) is 1. The van der Waals surface area contributed by atoms with Gasteiger partial charge in [-0.2, -0.15) is 0 Å². The van der Waals surface area contributed by atoms with Gasteiger partial charge >= 0.3 is 5.97 Å². The zero-order chi connectivity index (χ0) is 14.4. The first-order valence-electron chi connectivity index (χ1n) is 6.69. The van der Waals surface area contributed by atoms with Crippen LogP contribution in [-0.2, 0) is 25.6 Å². The van der Waals surface area contributed by atoms with Crippen molar-refractivity contribution in [1.82, 2.24) is 4.90 Å². The van der Waals surface area contributed by atoms with Crippen LogP contribution in [0.5, 0.6) is 0 Å². The summed E-state index contributed by atoms with van der Waals surface area (Å²) >= 11 is 0. The molecule has 5 nitrogen and oxygen atoms in total. The van der Waals surface area contributed by atoms with Crippen LogP contribution >= 0.6 is 0 Å². The molecular weight excluding hydrogens is 258 g/mol. The van der Waals surface area contributed by atoms with E-state index < -0.39 is 0 Å². The normalized spacial score (nSPS) is 23.1. The molecule has 0 aromatic heterocycles. The van der Waals surface area contributed by atoms with Crippen molar-refractivity contribution in [2.75, 3.05) is 13.7 Å². The highest BCUT2D eigenvalue weighted by atomic mass is 16.5. The first-order chi connectivity index (χ1) is 9.74. The number of hydrogen-bond acceptors (Lipinski definition) is 5. The number of methoxy groups -OCH3 is 1. The van der Waals surface area contributed by atoms with Crippen LogP contribution in [0.3, 0.4) is 0 Å². The van der Waals surface area contributed by atoms with Crippen LogP contribution in [0.25, 0.3) is 0 Å². The number of benzene rings is 1. The van der Waals surface area contributed by atoms with Gasteiger partial charge in [0.1, 0.15) is 12.1 Å². The molecule has 1 fully saturated rings. The van der Waals surface area contributed by atoms with Gasteiger partial charge in [0.05, 0.1) is 7.11 Å². The Morgan fingerprint density at radius 1 is 1.40 bits per heavy atom. The number of rotatable bonds is 5. The van der Waals surface area contributed by atoms with Gasteiger partial charge in [0.2, 0.25) is 0 Å². The van der Waals surface area contributed by atoms with Crippen molar-refractivity contribution in [2.24, 2.45) is 0 Å². The number of hydrogen-bond donors (Lipinski definition) is 0. The Morgan fingerprint density at radius 3 is 2.80 bits per heavy atom. The summed E-state index contributed by atoms with van der Waals surface area (Å²) in [6, 6.07) is 9.62. The Kier molecular flexibility index (Phi) is 5.12. The average molecular weight is 277 g/mol. The van der Waals surface area contributed by atoms with Gasteiger partial charge in [-0.1, -0.05) is 30.3 Å². The van der Waals surface area contributed by atoms with Crippen LogP contribution in [0.1, 0.15) is 18.4 Å². The van der Waals surface area contributed by atoms with Crippen molar-refractivity contribution in [1.29, 1.82) is 0 Å². The fraction of sp³-hybridized carbons (Fsp3) is 0.467. The van der Waals surface area contributed by atoms with Gasteiger partial charge in [-0.3, -0.25) is 14.5 Å². The lowest BCUT2D eigenvalue weighted by atomic mass is 9.98. The summed E-state index contributed by atoms with van der Waals surface area (Å²) in [5.41, 5.74) is 1.15. The van der Waals surface area contributed by atoms with Crippen LogP contribution in [0.4, 0.5) is 0 Å². The van der Waals surface area contributed by atoms with E-state index in [1.54, 1.807) is 0 Å². The molecule has 0 bridgehead atoms. The summed E-state index contributed by atoms with van der Waals surface area (Å²) in [6.45, 7) is 1.84. The van der Waals surface area contributed by atoms with Gasteiger partial charge in [-0.05, 0) is 12.0 Å². The molecule has 2 atom stereocenters. The fourth-order valence-corrected chi connectivity index (χ4v) is 2.57. The van der Waals surface area contributed by atoms with Crippen LogP contribution in [0.2, 0.25) is 0 Å². The minimum atomic E-state index is -0.362. The standard InChI is InChI=1S/C15H19NO4/c1-19-15(18)14-9-13(20-11-17)7-8-16(14)10-12-5-3-2-4-6-12/h2-6,11,13-14H,7-10H2,1H3. The van der Waals surface area contributed by atoms with Crippen molar-refractivity contribution in [3.05, 3.63) is 35.9 Å². The summed E-state index contributed by atoms with van der Waals surface area (Å²) in [7, 11) is 1.38. The molecule has 1 aromatic carbocycles. The molecule has 1 aromatic rings. The van der Waals surface area contributed by atoms with E-state index >= 15 is 0 Å². The van der Waals surface area contributed by atoms with Gasteiger partial charge in [0, 0.05) is 19.5 Å². The van der Waals surface area contributed by atoms with E-state index in [-0.39, 0.29) is 18.1 Å². The number of esters is 1. The minimum Gasteiger partial charge on any atom is -0.468 e. The second-order valence-electron chi connectivity index (χ2n) is 4.87. The fourth-order valence-electron chi connectivity index (χ4n) is 2.57. The minimum absolute atomic E-state index is 0.205. The summed E-state index contributed by atoms with van der Waals surface area (Å²) in [5, 5.41) is 0. The quantitative estimate of drug-likeness (QED) is 0.601. The lowest BCUT2D eigenvalue weighted by molar-refractivity contribution is -0.154. The molecule has 0 amide bonds. The Bertz CT molecular complexity index is 448. The number of ether oxygens (including phenoxy) is 2. The zero-order valence-electron chi connectivity index (χ0n) is 11.5. The van der Waals surface area contributed by atoms with Crippen LogP contribution in [0.15, 0.2) is 30.3 Å². The predicted octanol–water partition coefficient (Wildman–Crippen LogP) is 1.37. The maximum atomic E-state index is 11.9. The molecule has 0 aliphatic carbocycles. The summed E-state index contributed by atoms with van der Waals surface area (Å²) in [5.74, 6) is -0.278. The number of nitrogens with zero attached hydrogens (tertiary/aromatic N) is 1. The molecular formula is C15H19NO4. The van der Waals surface area contributed by atoms with Crippen molar-refractivity contribution in [3.63, 3.8) is 0 Å². The van der Waals surface area contributed by atoms with Gasteiger partial charge < -0.3 is 9.47 Å². The molecule has 20 heavy (non-hydrogen) atoms. The molecule has 2 unspecified atom stereocenters. The highest BCUT2D eigenvalue weighted by Crippen LogP contribution is 2.22. The Balaban J connectivity index is 2.06. The molecule has 1 aliphatic rings. The Morgan fingerprint density at radius 2 is 2.15 bits per heavy atom. The third kappa shape index (κ3) is 3.57. The molecule has 5 heteroatoms. The van der Waals surface area contributed by atoms with E-state index in [2.05, 4.69) is 4.90 Å². The molecule has 0 N–H and O–H groups in total. The van der Waals surface area contributed by atoms with E-state index in [1.165, 1.54) is 7.11 Å². The zero-order valence-corrected chi connectivity index (χ0v) is 11.5. The maximum absolute atomic E-state index is 11.9. The number of carbonyl (C=O) groups is 2. The van der Waals surface area contributed by atoms with E-state index in [1.807, 2.05) is 30.3 Å². The van der Waals surface area contributed by atoms with Crippen molar-refractivity contribution >= 4 is 12.4 Å². The van der Waals surface area contributed by atoms with E-state index in [0.29, 0.717) is 26.0 Å². The molecule has 1 aliphatic heterocycles. The van der Waals surface area contributed by atoms with Crippen LogP contribution in [-0.4, -0.2) is 43.1 Å². The Hall–Kier alpha value is -1.88.